The van der Waals surface area contributed by atoms with E-state index in [0.29, 0.717) is 38.0 Å². The van der Waals surface area contributed by atoms with Gasteiger partial charge in [0.25, 0.3) is 0 Å². The zero-order chi connectivity index (χ0) is 36.9. The van der Waals surface area contributed by atoms with E-state index >= 15 is 0 Å². The summed E-state index contributed by atoms with van der Waals surface area (Å²) in [6.45, 7) is 8.17. The van der Waals surface area contributed by atoms with Crippen LogP contribution in [0.1, 0.15) is 130 Å². The fraction of sp³-hybridized carbons (Fsp3) is 0.767. The summed E-state index contributed by atoms with van der Waals surface area (Å²) in [5.41, 5.74) is 5.09. The van der Waals surface area contributed by atoms with E-state index in [1.165, 1.54) is 44.2 Å². The van der Waals surface area contributed by atoms with Gasteiger partial charge < -0.3 is 24.8 Å². The molecule has 1 spiro atoms. The second kappa shape index (κ2) is 14.4. The van der Waals surface area contributed by atoms with Gasteiger partial charge in [0, 0.05) is 31.4 Å². The molecule has 0 amide bonds. The Labute approximate surface area is 310 Å². The predicted octanol–water partition coefficient (Wildman–Crippen LogP) is 6.29. The Morgan fingerprint density at radius 2 is 1.81 bits per heavy atom. The Kier molecular flexibility index (Phi) is 10.5. The van der Waals surface area contributed by atoms with Crippen molar-refractivity contribution in [1.29, 1.82) is 0 Å². The number of aliphatic hydroxyl groups excluding tert-OH is 2. The maximum absolute atomic E-state index is 13.6. The number of hydrogen-bond donors (Lipinski definition) is 5. The highest BCUT2D eigenvalue weighted by Gasteiger charge is 2.80. The molecule has 5 N–H and O–H groups in total. The molecule has 2 heterocycles. The fourth-order valence-corrected chi connectivity index (χ4v) is 13.2. The van der Waals surface area contributed by atoms with Crippen LogP contribution in [0.3, 0.4) is 0 Å². The summed E-state index contributed by atoms with van der Waals surface area (Å²) in [5, 5.41) is 39.3. The van der Waals surface area contributed by atoms with Gasteiger partial charge in [-0.1, -0.05) is 70.4 Å². The fourth-order valence-electron chi connectivity index (χ4n) is 13.2. The van der Waals surface area contributed by atoms with Crippen LogP contribution in [0.5, 0.6) is 0 Å². The number of aliphatic hydroxyl groups is 3. The molecule has 288 valence electrons. The molecule has 9 nitrogen and oxygen atoms in total. The van der Waals surface area contributed by atoms with E-state index in [1.807, 2.05) is 13.0 Å². The first-order valence-corrected chi connectivity index (χ1v) is 20.5. The van der Waals surface area contributed by atoms with Gasteiger partial charge in [-0.15, -0.1) is 0 Å². The average molecular weight is 721 g/mol. The van der Waals surface area contributed by atoms with Crippen molar-refractivity contribution in [2.75, 3.05) is 6.61 Å². The molecule has 7 rings (SSSR count). The lowest BCUT2D eigenvalue weighted by molar-refractivity contribution is -0.351. The summed E-state index contributed by atoms with van der Waals surface area (Å²) in [6.07, 6.45) is 12.8. The molecular formula is C43H64N2O7. The molecule has 9 heteroatoms. The number of nitrogens with one attached hydrogen (secondary N) is 2. The Morgan fingerprint density at radius 1 is 1.06 bits per heavy atom. The average Bonchev–Trinajstić information content (AvgIpc) is 3.84. The number of rotatable bonds is 12. The molecule has 5 fully saturated rings. The van der Waals surface area contributed by atoms with Crippen molar-refractivity contribution >= 4 is 11.9 Å². The zero-order valence-corrected chi connectivity index (χ0v) is 32.0. The lowest BCUT2D eigenvalue weighted by atomic mass is 9.36. The molecular weight excluding hydrogens is 656 g/mol. The maximum Gasteiger partial charge on any atom is 0.331 e. The van der Waals surface area contributed by atoms with Gasteiger partial charge in [0.15, 0.2) is 5.72 Å². The van der Waals surface area contributed by atoms with E-state index < -0.39 is 52.2 Å². The minimum atomic E-state index is -1.53. The molecule has 1 aromatic carbocycles. The quantitative estimate of drug-likeness (QED) is 0.158. The Balaban J connectivity index is 1.28. The Hall–Kier alpha value is -2.30. The number of hydrazine groups is 1. The summed E-state index contributed by atoms with van der Waals surface area (Å²) in [5.74, 6) is -1.31. The number of ether oxygens (including phenoxy) is 2. The van der Waals surface area contributed by atoms with Crippen molar-refractivity contribution in [3.05, 3.63) is 47.5 Å². The van der Waals surface area contributed by atoms with Gasteiger partial charge in [-0.05, 0) is 117 Å². The highest BCUT2D eigenvalue weighted by Crippen LogP contribution is 2.73. The number of carbonyl (C=O) groups is 2. The lowest BCUT2D eigenvalue weighted by Gasteiger charge is -2.71. The molecule has 4 aliphatic carbocycles. The van der Waals surface area contributed by atoms with E-state index in [9.17, 15) is 24.9 Å². The van der Waals surface area contributed by atoms with Crippen molar-refractivity contribution in [1.82, 2.24) is 10.9 Å². The Morgan fingerprint density at radius 3 is 2.50 bits per heavy atom. The van der Waals surface area contributed by atoms with Crippen molar-refractivity contribution in [3.63, 3.8) is 0 Å². The molecule has 0 radical (unpaired) electrons. The smallest absolute Gasteiger partial charge is 0.331 e. The van der Waals surface area contributed by atoms with E-state index in [0.717, 1.165) is 44.1 Å². The second-order valence-corrected chi connectivity index (χ2v) is 18.5. The van der Waals surface area contributed by atoms with Gasteiger partial charge in [-0.2, -0.15) is 0 Å². The summed E-state index contributed by atoms with van der Waals surface area (Å²) in [6, 6.07) is 10.7. The highest BCUT2D eigenvalue weighted by atomic mass is 16.6. The zero-order valence-electron chi connectivity index (χ0n) is 32.0. The molecule has 0 aromatic heterocycles. The van der Waals surface area contributed by atoms with E-state index in [2.05, 4.69) is 49.0 Å². The number of aryl methyl sites for hydroxylation is 1. The summed E-state index contributed by atoms with van der Waals surface area (Å²) < 4.78 is 11.8. The first-order valence-electron chi connectivity index (χ1n) is 20.5. The molecule has 2 aliphatic heterocycles. The molecule has 4 saturated carbocycles. The van der Waals surface area contributed by atoms with E-state index in [1.54, 1.807) is 0 Å². The van der Waals surface area contributed by atoms with Crippen LogP contribution in [0.2, 0.25) is 0 Å². The van der Waals surface area contributed by atoms with Crippen LogP contribution in [0, 0.1) is 39.9 Å². The van der Waals surface area contributed by atoms with Crippen LogP contribution in [-0.4, -0.2) is 63.4 Å². The van der Waals surface area contributed by atoms with Crippen molar-refractivity contribution < 1.29 is 34.4 Å². The highest BCUT2D eigenvalue weighted by molar-refractivity contribution is 5.85. The van der Waals surface area contributed by atoms with Gasteiger partial charge in [-0.3, -0.25) is 10.2 Å². The topological polar surface area (TPSA) is 137 Å². The molecule has 0 unspecified atom stereocenters. The van der Waals surface area contributed by atoms with Crippen LogP contribution in [0.25, 0.3) is 0 Å². The minimum absolute atomic E-state index is 0.145. The summed E-state index contributed by atoms with van der Waals surface area (Å²) >= 11 is 0. The van der Waals surface area contributed by atoms with Gasteiger partial charge in [0.1, 0.15) is 6.61 Å². The van der Waals surface area contributed by atoms with Gasteiger partial charge in [-0.25, -0.2) is 10.2 Å². The largest absolute Gasteiger partial charge is 0.458 e. The molecule has 11 atom stereocenters. The first-order chi connectivity index (χ1) is 24.8. The molecule has 1 aromatic rings. The molecule has 0 bridgehead atoms. The number of esters is 2. The number of benzene rings is 1. The van der Waals surface area contributed by atoms with Crippen LogP contribution in [0.15, 0.2) is 42.0 Å². The van der Waals surface area contributed by atoms with Crippen molar-refractivity contribution in [3.8, 4) is 0 Å². The second-order valence-electron chi connectivity index (χ2n) is 18.5. The Bertz CT molecular complexity index is 1500. The first kappa shape index (κ1) is 38.0. The minimum Gasteiger partial charge on any atom is -0.458 e. The number of fused-ring (bicyclic) bond motifs is 2. The van der Waals surface area contributed by atoms with Crippen LogP contribution in [-0.2, 0) is 25.5 Å². The van der Waals surface area contributed by atoms with Crippen molar-refractivity contribution in [2.45, 2.75) is 160 Å². The van der Waals surface area contributed by atoms with Gasteiger partial charge in [0.05, 0.1) is 23.2 Å². The molecule has 1 saturated heterocycles. The number of carbonyl (C=O) groups excluding carboxylic acids is 2. The number of cyclic esters (lactones) is 1. The van der Waals surface area contributed by atoms with Crippen LogP contribution < -0.4 is 10.9 Å². The molecule has 6 aliphatic rings. The monoisotopic (exact) mass is 720 g/mol. The van der Waals surface area contributed by atoms with E-state index in [4.69, 9.17) is 9.47 Å². The third-order valence-corrected chi connectivity index (χ3v) is 15.4. The standard InChI is InChI=1S/C43H64N2O7/c1-28(11-10-14-31-12-6-5-7-13-31)15-16-35(47)43-36(48)18-21-39(4)33-25-40(19-8-9-20-40)26-34(33)44-45-42(38(39)43,52-30(3)46)24-29(2)41(43,50)22-17-32-23-37(49)51-27-32/h5-7,12-13,23,28-29,33-36,38,44-45,47-48,50H,8-11,14-22,24-27H2,1-4H3/t28-,29+,33-,34-,35+,36+,38+,39+,41-,42+,43+/m1/s1. The SMILES string of the molecule is CC(=O)O[C@@]12C[C@H](C)[C@](O)(CCC3=CC(=O)OC3)[C@]3([C@@H](O)CC[C@H](C)CCCc4ccccc4)[C@H]1[C@@](C)(CC[C@@H]3O)[C@@H]1CC3(CCCC3)C[C@H]1NN2. The van der Waals surface area contributed by atoms with Crippen molar-refractivity contribution in [2.24, 2.45) is 39.9 Å². The predicted molar refractivity (Wildman–Crippen MR) is 198 cm³/mol. The van der Waals surface area contributed by atoms with Crippen LogP contribution >= 0.6 is 0 Å². The normalized spacial score (nSPS) is 40.3. The van der Waals surface area contributed by atoms with Gasteiger partial charge >= 0.3 is 11.9 Å². The third-order valence-electron chi connectivity index (χ3n) is 15.4. The number of hydrogen-bond acceptors (Lipinski definition) is 9. The van der Waals surface area contributed by atoms with E-state index in [-0.39, 0.29) is 36.4 Å². The lowest BCUT2D eigenvalue weighted by Crippen LogP contribution is -2.81. The van der Waals surface area contributed by atoms with Crippen LogP contribution in [0.4, 0.5) is 0 Å². The summed E-state index contributed by atoms with van der Waals surface area (Å²) in [4.78, 5) is 25.3. The summed E-state index contributed by atoms with van der Waals surface area (Å²) in [7, 11) is 0. The molecule has 52 heavy (non-hydrogen) atoms. The van der Waals surface area contributed by atoms with Gasteiger partial charge in [0.2, 0.25) is 0 Å². The maximum atomic E-state index is 13.6. The third kappa shape index (κ3) is 6.38.